The molecule has 0 fully saturated rings. The molecule has 4 rings (SSSR count). The Morgan fingerprint density at radius 3 is 2.77 bits per heavy atom. The molecule has 26 heavy (non-hydrogen) atoms. The number of carbonyl (C=O) groups excluding carboxylic acids is 1. The summed E-state index contributed by atoms with van der Waals surface area (Å²) in [4.78, 5) is 19.9. The number of para-hydroxylation sites is 1. The molecule has 0 bridgehead atoms. The van der Waals surface area contributed by atoms with E-state index in [1.807, 2.05) is 36.4 Å². The molecule has 134 valence electrons. The van der Waals surface area contributed by atoms with Gasteiger partial charge in [0.25, 0.3) is 5.91 Å². The zero-order valence-electron chi connectivity index (χ0n) is 14.5. The molecule has 0 radical (unpaired) electrons. The highest BCUT2D eigenvalue weighted by atomic mass is 79.9. The lowest BCUT2D eigenvalue weighted by Crippen LogP contribution is -2.49. The summed E-state index contributed by atoms with van der Waals surface area (Å²) in [6.07, 6.45) is 0.496. The van der Waals surface area contributed by atoms with E-state index in [1.54, 1.807) is 14.2 Å². The molecule has 7 heteroatoms. The fraction of sp³-hybridized carbons (Fsp3) is 0.263. The number of rotatable bonds is 3. The highest BCUT2D eigenvalue weighted by Gasteiger charge is 2.37. The molecule has 2 aromatic rings. The van der Waals surface area contributed by atoms with E-state index in [1.165, 1.54) is 0 Å². The molecule has 0 spiro atoms. The number of carbonyl (C=O) groups is 1. The molecule has 0 saturated carbocycles. The van der Waals surface area contributed by atoms with Gasteiger partial charge in [-0.1, -0.05) is 23.4 Å². The van der Waals surface area contributed by atoms with Gasteiger partial charge in [-0.15, -0.1) is 0 Å². The zero-order valence-corrected chi connectivity index (χ0v) is 16.0. The fourth-order valence-corrected chi connectivity index (χ4v) is 4.16. The van der Waals surface area contributed by atoms with Gasteiger partial charge in [-0.05, 0) is 39.7 Å². The van der Waals surface area contributed by atoms with Gasteiger partial charge in [0.05, 0.1) is 28.5 Å². The van der Waals surface area contributed by atoms with Crippen molar-refractivity contribution in [1.82, 2.24) is 5.32 Å². The van der Waals surface area contributed by atoms with Gasteiger partial charge in [-0.25, -0.2) is 0 Å². The molecule has 0 saturated heterocycles. The third kappa shape index (κ3) is 2.63. The van der Waals surface area contributed by atoms with Crippen molar-refractivity contribution < 1.29 is 14.4 Å². The van der Waals surface area contributed by atoms with Crippen molar-refractivity contribution in [2.24, 2.45) is 5.16 Å². The second-order valence-electron chi connectivity index (χ2n) is 6.14. The van der Waals surface area contributed by atoms with E-state index >= 15 is 0 Å². The van der Waals surface area contributed by atoms with Gasteiger partial charge >= 0.3 is 0 Å². The Hall–Kier alpha value is -2.54. The number of oxime groups is 1. The average molecular weight is 416 g/mol. The minimum Gasteiger partial charge on any atom is -0.496 e. The van der Waals surface area contributed by atoms with Crippen LogP contribution in [0.5, 0.6) is 5.75 Å². The Balaban J connectivity index is 1.83. The molecule has 1 amide bonds. The molecule has 2 aliphatic heterocycles. The van der Waals surface area contributed by atoms with Crippen LogP contribution in [0, 0.1) is 0 Å². The molecule has 2 aromatic carbocycles. The maximum atomic E-state index is 12.7. The van der Waals surface area contributed by atoms with Gasteiger partial charge in [0, 0.05) is 18.5 Å². The fourth-order valence-electron chi connectivity index (χ4n) is 3.60. The van der Waals surface area contributed by atoms with Crippen LogP contribution in [-0.4, -0.2) is 32.4 Å². The SMILES string of the molecule is CON=C1CCN2c3c(cccc31)C(=O)NC2c1ccc(OC)c(Br)c1. The lowest BCUT2D eigenvalue weighted by Gasteiger charge is -2.43. The van der Waals surface area contributed by atoms with Crippen molar-refractivity contribution in [3.63, 3.8) is 0 Å². The average Bonchev–Trinajstić information content (AvgIpc) is 2.66. The number of nitrogens with zero attached hydrogens (tertiary/aromatic N) is 2. The van der Waals surface area contributed by atoms with E-state index in [0.717, 1.165) is 45.7 Å². The molecular formula is C19H18BrN3O3. The number of halogens is 1. The largest absolute Gasteiger partial charge is 0.496 e. The van der Waals surface area contributed by atoms with Crippen LogP contribution < -0.4 is 15.0 Å². The molecule has 6 nitrogen and oxygen atoms in total. The maximum Gasteiger partial charge on any atom is 0.255 e. The Morgan fingerprint density at radius 2 is 2.04 bits per heavy atom. The Kier molecular flexibility index (Phi) is 4.32. The number of ether oxygens (including phenoxy) is 1. The van der Waals surface area contributed by atoms with Gasteiger partial charge < -0.3 is 19.8 Å². The zero-order chi connectivity index (χ0) is 18.3. The minimum atomic E-state index is -0.248. The summed E-state index contributed by atoms with van der Waals surface area (Å²) < 4.78 is 6.16. The summed E-state index contributed by atoms with van der Waals surface area (Å²) in [7, 11) is 3.17. The van der Waals surface area contributed by atoms with Crippen LogP contribution in [0.4, 0.5) is 5.69 Å². The second kappa shape index (κ2) is 6.64. The van der Waals surface area contributed by atoms with Crippen molar-refractivity contribution in [3.05, 3.63) is 57.6 Å². The van der Waals surface area contributed by atoms with Gasteiger partial charge in [0.1, 0.15) is 19.0 Å². The van der Waals surface area contributed by atoms with Crippen molar-refractivity contribution in [1.29, 1.82) is 0 Å². The first-order valence-corrected chi connectivity index (χ1v) is 9.07. The van der Waals surface area contributed by atoms with Crippen LogP contribution in [-0.2, 0) is 4.84 Å². The smallest absolute Gasteiger partial charge is 0.255 e. The molecule has 0 aromatic heterocycles. The Labute approximate surface area is 159 Å². The van der Waals surface area contributed by atoms with E-state index in [0.29, 0.717) is 5.56 Å². The number of hydrogen-bond donors (Lipinski definition) is 1. The number of hydrogen-bond acceptors (Lipinski definition) is 5. The number of methoxy groups -OCH3 is 1. The number of anilines is 1. The molecule has 1 unspecified atom stereocenters. The second-order valence-corrected chi connectivity index (χ2v) is 6.99. The summed E-state index contributed by atoms with van der Waals surface area (Å²) >= 11 is 3.53. The highest BCUT2D eigenvalue weighted by molar-refractivity contribution is 9.10. The monoisotopic (exact) mass is 415 g/mol. The summed E-state index contributed by atoms with van der Waals surface area (Å²) in [6.45, 7) is 0.737. The van der Waals surface area contributed by atoms with Crippen molar-refractivity contribution >= 4 is 33.2 Å². The van der Waals surface area contributed by atoms with Crippen LogP contribution >= 0.6 is 15.9 Å². The van der Waals surface area contributed by atoms with Crippen molar-refractivity contribution in [2.75, 3.05) is 25.7 Å². The standard InChI is InChI=1S/C19H18BrN3O3/c1-25-16-7-6-11(10-14(16)20)18-21-19(24)13-5-3-4-12-15(22-26-2)8-9-23(18)17(12)13/h3-7,10,18H,8-9H2,1-2H3,(H,21,24). The topological polar surface area (TPSA) is 63.2 Å². The molecular weight excluding hydrogens is 398 g/mol. The van der Waals surface area contributed by atoms with Crippen LogP contribution in [0.3, 0.4) is 0 Å². The first-order chi connectivity index (χ1) is 12.6. The summed E-state index contributed by atoms with van der Waals surface area (Å²) in [5.41, 5.74) is 4.37. The van der Waals surface area contributed by atoms with E-state index in [4.69, 9.17) is 9.57 Å². The van der Waals surface area contributed by atoms with Gasteiger partial charge in [-0.3, -0.25) is 4.79 Å². The first kappa shape index (κ1) is 16.9. The molecule has 0 aliphatic carbocycles. The van der Waals surface area contributed by atoms with Crippen molar-refractivity contribution in [2.45, 2.75) is 12.6 Å². The number of amides is 1. The summed E-state index contributed by atoms with van der Waals surface area (Å²) in [6, 6.07) is 11.6. The number of nitrogens with one attached hydrogen (secondary N) is 1. The van der Waals surface area contributed by atoms with Gasteiger partial charge in [-0.2, -0.15) is 0 Å². The van der Waals surface area contributed by atoms with Crippen LogP contribution in [0.2, 0.25) is 0 Å². The number of benzene rings is 2. The van der Waals surface area contributed by atoms with E-state index in [-0.39, 0.29) is 12.1 Å². The molecule has 1 atom stereocenters. The summed E-state index contributed by atoms with van der Waals surface area (Å²) in [5.74, 6) is 0.666. The lowest BCUT2D eigenvalue weighted by atomic mass is 9.92. The predicted molar refractivity (Wildman–Crippen MR) is 103 cm³/mol. The minimum absolute atomic E-state index is 0.0892. The molecule has 1 N–H and O–H groups in total. The lowest BCUT2D eigenvalue weighted by molar-refractivity contribution is 0.0926. The highest BCUT2D eigenvalue weighted by Crippen LogP contribution is 2.40. The third-order valence-electron chi connectivity index (χ3n) is 4.74. The summed E-state index contributed by atoms with van der Waals surface area (Å²) in [5, 5.41) is 7.27. The Bertz CT molecular complexity index is 913. The quantitative estimate of drug-likeness (QED) is 0.779. The van der Waals surface area contributed by atoms with Gasteiger partial charge in [0.2, 0.25) is 0 Å². The maximum absolute atomic E-state index is 12.7. The Morgan fingerprint density at radius 1 is 1.23 bits per heavy atom. The van der Waals surface area contributed by atoms with E-state index in [2.05, 4.69) is 31.3 Å². The molecule has 2 heterocycles. The van der Waals surface area contributed by atoms with Crippen LogP contribution in [0.1, 0.15) is 34.1 Å². The van der Waals surface area contributed by atoms with E-state index in [9.17, 15) is 4.79 Å². The van der Waals surface area contributed by atoms with Crippen LogP contribution in [0.15, 0.2) is 46.0 Å². The predicted octanol–water partition coefficient (Wildman–Crippen LogP) is 3.46. The first-order valence-electron chi connectivity index (χ1n) is 8.28. The third-order valence-corrected chi connectivity index (χ3v) is 5.36. The van der Waals surface area contributed by atoms with Gasteiger partial charge in [0.15, 0.2) is 0 Å². The normalized spacial score (nSPS) is 19.8. The van der Waals surface area contributed by atoms with Crippen molar-refractivity contribution in [3.8, 4) is 5.75 Å². The van der Waals surface area contributed by atoms with E-state index < -0.39 is 0 Å². The van der Waals surface area contributed by atoms with Crippen LogP contribution in [0.25, 0.3) is 0 Å². The molecule has 2 aliphatic rings.